The minimum Gasteiger partial charge on any atom is -0.340 e. The SMILES string of the molecule is S=C(Nc1ccc(Cl)cc1)N(Cc1cccnc1)Cc1c(Cl)cccc1Cl. The first-order chi connectivity index (χ1) is 13.0. The third kappa shape index (κ3) is 5.56. The fourth-order valence-corrected chi connectivity index (χ4v) is 3.41. The van der Waals surface area contributed by atoms with Gasteiger partial charge in [-0.1, -0.05) is 46.9 Å². The Balaban J connectivity index is 1.84. The van der Waals surface area contributed by atoms with Crippen LogP contribution in [0.3, 0.4) is 0 Å². The molecule has 1 heterocycles. The molecule has 3 nitrogen and oxygen atoms in total. The van der Waals surface area contributed by atoms with Crippen LogP contribution in [0.4, 0.5) is 5.69 Å². The molecule has 0 atom stereocenters. The number of aromatic nitrogens is 1. The Morgan fingerprint density at radius 3 is 2.26 bits per heavy atom. The molecule has 27 heavy (non-hydrogen) atoms. The number of hydrogen-bond acceptors (Lipinski definition) is 2. The summed E-state index contributed by atoms with van der Waals surface area (Å²) >= 11 is 24.3. The van der Waals surface area contributed by atoms with Crippen LogP contribution in [0.25, 0.3) is 0 Å². The Morgan fingerprint density at radius 2 is 1.63 bits per heavy atom. The molecule has 138 valence electrons. The van der Waals surface area contributed by atoms with Crippen molar-refractivity contribution in [3.63, 3.8) is 0 Å². The van der Waals surface area contributed by atoms with Gasteiger partial charge in [0.2, 0.25) is 0 Å². The molecule has 0 saturated carbocycles. The molecule has 0 aliphatic rings. The fraction of sp³-hybridized carbons (Fsp3) is 0.100. The normalized spacial score (nSPS) is 10.5. The number of nitrogens with one attached hydrogen (secondary N) is 1. The quantitative estimate of drug-likeness (QED) is 0.466. The van der Waals surface area contributed by atoms with Crippen LogP contribution in [0, 0.1) is 0 Å². The molecule has 0 radical (unpaired) electrons. The number of rotatable bonds is 5. The maximum absolute atomic E-state index is 6.36. The summed E-state index contributed by atoms with van der Waals surface area (Å²) in [6.07, 6.45) is 3.55. The largest absolute Gasteiger partial charge is 0.340 e. The Morgan fingerprint density at radius 1 is 0.926 bits per heavy atom. The summed E-state index contributed by atoms with van der Waals surface area (Å²) in [5.74, 6) is 0. The molecular weight excluding hydrogens is 421 g/mol. The molecule has 0 aliphatic carbocycles. The zero-order valence-corrected chi connectivity index (χ0v) is 17.3. The third-order valence-electron chi connectivity index (χ3n) is 3.89. The number of pyridine rings is 1. The molecule has 0 aliphatic heterocycles. The first-order valence-electron chi connectivity index (χ1n) is 8.16. The van der Waals surface area contributed by atoms with Crippen molar-refractivity contribution >= 4 is 57.8 Å². The van der Waals surface area contributed by atoms with Gasteiger partial charge in [-0.2, -0.15) is 0 Å². The topological polar surface area (TPSA) is 28.2 Å². The van der Waals surface area contributed by atoms with Gasteiger partial charge in [0.1, 0.15) is 0 Å². The highest BCUT2D eigenvalue weighted by atomic mass is 35.5. The zero-order valence-electron chi connectivity index (χ0n) is 14.2. The summed E-state index contributed by atoms with van der Waals surface area (Å²) in [6.45, 7) is 1.03. The minimum atomic E-state index is 0.465. The van der Waals surface area contributed by atoms with E-state index in [0.717, 1.165) is 16.8 Å². The molecule has 3 rings (SSSR count). The van der Waals surface area contributed by atoms with Crippen LogP contribution in [0.5, 0.6) is 0 Å². The van der Waals surface area contributed by atoms with Gasteiger partial charge in [0.25, 0.3) is 0 Å². The van der Waals surface area contributed by atoms with Crippen molar-refractivity contribution in [1.82, 2.24) is 9.88 Å². The molecule has 2 aromatic carbocycles. The molecule has 0 fully saturated rings. The van der Waals surface area contributed by atoms with Gasteiger partial charge >= 0.3 is 0 Å². The van der Waals surface area contributed by atoms with Gasteiger partial charge in [-0.3, -0.25) is 4.98 Å². The second kappa shape index (κ2) is 9.38. The average Bonchev–Trinajstić information content (AvgIpc) is 2.66. The van der Waals surface area contributed by atoms with Crippen LogP contribution in [0.1, 0.15) is 11.1 Å². The van der Waals surface area contributed by atoms with Crippen molar-refractivity contribution in [3.05, 3.63) is 93.2 Å². The summed E-state index contributed by atoms with van der Waals surface area (Å²) in [5, 5.41) is 5.67. The maximum atomic E-state index is 6.36. The van der Waals surface area contributed by atoms with Crippen LogP contribution in [-0.2, 0) is 13.1 Å². The molecule has 0 saturated heterocycles. The Hall–Kier alpha value is -1.85. The van der Waals surface area contributed by atoms with E-state index < -0.39 is 0 Å². The van der Waals surface area contributed by atoms with Crippen molar-refractivity contribution < 1.29 is 0 Å². The number of anilines is 1. The second-order valence-corrected chi connectivity index (χ2v) is 7.49. The predicted octanol–water partition coefficient (Wildman–Crippen LogP) is 6.44. The Labute approximate surface area is 178 Å². The van der Waals surface area contributed by atoms with E-state index in [9.17, 15) is 0 Å². The molecular formula is C20H16Cl3N3S. The van der Waals surface area contributed by atoms with Gasteiger partial charge in [-0.05, 0) is 60.2 Å². The highest BCUT2D eigenvalue weighted by molar-refractivity contribution is 7.80. The lowest BCUT2D eigenvalue weighted by Gasteiger charge is -2.27. The van der Waals surface area contributed by atoms with E-state index in [-0.39, 0.29) is 0 Å². The summed E-state index contributed by atoms with van der Waals surface area (Å²) in [4.78, 5) is 6.17. The molecule has 1 N–H and O–H groups in total. The highest BCUT2D eigenvalue weighted by Crippen LogP contribution is 2.27. The molecule has 1 aromatic heterocycles. The van der Waals surface area contributed by atoms with E-state index in [2.05, 4.69) is 10.3 Å². The van der Waals surface area contributed by atoms with Gasteiger partial charge in [0.05, 0.1) is 0 Å². The monoisotopic (exact) mass is 435 g/mol. The summed E-state index contributed by atoms with van der Waals surface area (Å²) in [5.41, 5.74) is 2.71. The van der Waals surface area contributed by atoms with Crippen molar-refractivity contribution in [2.45, 2.75) is 13.1 Å². The lowest BCUT2D eigenvalue weighted by molar-refractivity contribution is 0.412. The number of halogens is 3. The standard InChI is InChI=1S/C20H16Cl3N3S/c21-15-6-8-16(9-7-15)25-20(27)26(12-14-3-2-10-24-11-14)13-17-18(22)4-1-5-19(17)23/h1-11H,12-13H2,(H,25,27). The molecule has 3 aromatic rings. The molecule has 0 bridgehead atoms. The first-order valence-corrected chi connectivity index (χ1v) is 9.70. The lowest BCUT2D eigenvalue weighted by Crippen LogP contribution is -2.34. The Kier molecular flexibility index (Phi) is 6.91. The van der Waals surface area contributed by atoms with Crippen LogP contribution >= 0.6 is 47.0 Å². The van der Waals surface area contributed by atoms with Crippen molar-refractivity contribution in [3.8, 4) is 0 Å². The van der Waals surface area contributed by atoms with Crippen LogP contribution in [-0.4, -0.2) is 15.0 Å². The zero-order chi connectivity index (χ0) is 19.2. The lowest BCUT2D eigenvalue weighted by atomic mass is 10.2. The molecule has 0 spiro atoms. The van der Waals surface area contributed by atoms with Crippen LogP contribution < -0.4 is 5.32 Å². The molecule has 7 heteroatoms. The van der Waals surface area contributed by atoms with E-state index in [1.807, 2.05) is 65.7 Å². The van der Waals surface area contributed by atoms with E-state index >= 15 is 0 Å². The summed E-state index contributed by atoms with van der Waals surface area (Å²) in [7, 11) is 0. The minimum absolute atomic E-state index is 0.465. The number of hydrogen-bond donors (Lipinski definition) is 1. The second-order valence-electron chi connectivity index (χ2n) is 5.85. The summed E-state index contributed by atoms with van der Waals surface area (Å²) < 4.78 is 0. The van der Waals surface area contributed by atoms with Gasteiger partial charge in [0.15, 0.2) is 5.11 Å². The fourth-order valence-electron chi connectivity index (χ4n) is 2.52. The van der Waals surface area contributed by atoms with Crippen molar-refractivity contribution in [2.24, 2.45) is 0 Å². The van der Waals surface area contributed by atoms with Gasteiger partial charge in [-0.15, -0.1) is 0 Å². The van der Waals surface area contributed by atoms with Crippen molar-refractivity contribution in [2.75, 3.05) is 5.32 Å². The number of benzene rings is 2. The highest BCUT2D eigenvalue weighted by Gasteiger charge is 2.15. The third-order valence-corrected chi connectivity index (χ3v) is 5.21. The van der Waals surface area contributed by atoms with Crippen LogP contribution in [0.15, 0.2) is 67.0 Å². The van der Waals surface area contributed by atoms with Gasteiger partial charge in [-0.25, -0.2) is 0 Å². The van der Waals surface area contributed by atoms with E-state index in [0.29, 0.717) is 33.3 Å². The molecule has 0 unspecified atom stereocenters. The smallest absolute Gasteiger partial charge is 0.174 e. The van der Waals surface area contributed by atoms with E-state index in [1.54, 1.807) is 6.20 Å². The van der Waals surface area contributed by atoms with Crippen LogP contribution in [0.2, 0.25) is 15.1 Å². The predicted molar refractivity (Wildman–Crippen MR) is 118 cm³/mol. The van der Waals surface area contributed by atoms with Gasteiger partial charge in [0, 0.05) is 51.8 Å². The summed E-state index contributed by atoms with van der Waals surface area (Å²) in [6, 6.07) is 16.7. The first kappa shape index (κ1) is 19.9. The Bertz CT molecular complexity index is 897. The average molecular weight is 437 g/mol. The van der Waals surface area contributed by atoms with Gasteiger partial charge < -0.3 is 10.2 Å². The van der Waals surface area contributed by atoms with Crippen molar-refractivity contribution in [1.29, 1.82) is 0 Å². The number of nitrogens with zero attached hydrogens (tertiary/aromatic N) is 2. The van der Waals surface area contributed by atoms with E-state index in [1.165, 1.54) is 0 Å². The maximum Gasteiger partial charge on any atom is 0.174 e. The number of thiocarbonyl (C=S) groups is 1. The molecule has 0 amide bonds. The van der Waals surface area contributed by atoms with E-state index in [4.69, 9.17) is 47.0 Å².